The minimum absolute atomic E-state index is 0.233. The van der Waals surface area contributed by atoms with Gasteiger partial charge in [-0.25, -0.2) is 13.2 Å². The zero-order valence-electron chi connectivity index (χ0n) is 16.8. The predicted molar refractivity (Wildman–Crippen MR) is 113 cm³/mol. The molecule has 2 saturated heterocycles. The Kier molecular flexibility index (Phi) is 6.01. The largest absolute Gasteiger partial charge is 0.371 e. The summed E-state index contributed by atoms with van der Waals surface area (Å²) >= 11 is 0. The first-order chi connectivity index (χ1) is 14.5. The van der Waals surface area contributed by atoms with Crippen molar-refractivity contribution in [2.45, 2.75) is 6.42 Å². The van der Waals surface area contributed by atoms with Crippen LogP contribution in [0.25, 0.3) is 0 Å². The molecule has 0 saturated carbocycles. The van der Waals surface area contributed by atoms with E-state index in [-0.39, 0.29) is 5.82 Å². The molecule has 2 aromatic carbocycles. The molecule has 2 N–H and O–H groups in total. The maximum atomic E-state index is 13.5. The summed E-state index contributed by atoms with van der Waals surface area (Å²) in [6.07, 6.45) is 0.939. The summed E-state index contributed by atoms with van der Waals surface area (Å²) < 4.78 is 39.7. The fourth-order valence-corrected chi connectivity index (χ4v) is 4.07. The Balaban J connectivity index is 1.26. The summed E-state index contributed by atoms with van der Waals surface area (Å²) in [5.74, 6) is -1.01. The van der Waals surface area contributed by atoms with E-state index in [4.69, 9.17) is 5.73 Å². The molecule has 0 bridgehead atoms. The predicted octanol–water partition coefficient (Wildman–Crippen LogP) is 3.07. The zero-order chi connectivity index (χ0) is 21.1. The number of anilines is 2. The number of hydrogen-bond acceptors (Lipinski definition) is 3. The van der Waals surface area contributed by atoms with Gasteiger partial charge in [0.2, 0.25) is 0 Å². The Morgan fingerprint density at radius 1 is 0.867 bits per heavy atom. The molecule has 2 aliphatic rings. The van der Waals surface area contributed by atoms with Gasteiger partial charge in [0.25, 0.3) is 0 Å². The highest BCUT2D eigenvalue weighted by molar-refractivity contribution is 5.78. The maximum Gasteiger partial charge on any atom is 0.191 e. The molecule has 30 heavy (non-hydrogen) atoms. The average molecular weight is 417 g/mol. The lowest BCUT2D eigenvalue weighted by atomic mass is 10.1. The first-order valence-electron chi connectivity index (χ1n) is 10.2. The Bertz CT molecular complexity index is 894. The van der Waals surface area contributed by atoms with Gasteiger partial charge in [-0.2, -0.15) is 0 Å². The molecule has 2 fully saturated rings. The molecule has 0 aliphatic carbocycles. The summed E-state index contributed by atoms with van der Waals surface area (Å²) in [5, 5.41) is 0. The third-order valence-electron chi connectivity index (χ3n) is 5.86. The topological polar surface area (TPSA) is 48.1 Å². The van der Waals surface area contributed by atoms with Gasteiger partial charge in [-0.15, -0.1) is 0 Å². The molecule has 0 amide bonds. The lowest BCUT2D eigenvalue weighted by Gasteiger charge is -2.36. The third kappa shape index (κ3) is 4.63. The Hall–Kier alpha value is -2.90. The lowest BCUT2D eigenvalue weighted by molar-refractivity contribution is 0.379. The normalized spacial score (nSPS) is 20.2. The van der Waals surface area contributed by atoms with E-state index in [2.05, 4.69) is 19.7 Å². The lowest BCUT2D eigenvalue weighted by Crippen LogP contribution is -2.51. The van der Waals surface area contributed by atoms with E-state index in [1.54, 1.807) is 18.2 Å². The highest BCUT2D eigenvalue weighted by atomic mass is 19.2. The minimum Gasteiger partial charge on any atom is -0.371 e. The van der Waals surface area contributed by atoms with Crippen LogP contribution in [0, 0.1) is 23.4 Å². The molecule has 1 unspecified atom stereocenters. The highest BCUT2D eigenvalue weighted by Gasteiger charge is 2.24. The van der Waals surface area contributed by atoms with Crippen LogP contribution in [-0.2, 0) is 0 Å². The Labute approximate surface area is 174 Å². The number of piperazine rings is 1. The molecule has 160 valence electrons. The first-order valence-corrected chi connectivity index (χ1v) is 10.2. The Morgan fingerprint density at radius 3 is 2.27 bits per heavy atom. The molecular formula is C22H26F3N5. The summed E-state index contributed by atoms with van der Waals surface area (Å²) in [7, 11) is 0. The van der Waals surface area contributed by atoms with Crippen molar-refractivity contribution in [3.05, 3.63) is 59.9 Å². The third-order valence-corrected chi connectivity index (χ3v) is 5.86. The molecule has 2 aliphatic heterocycles. The minimum atomic E-state index is -0.827. The van der Waals surface area contributed by atoms with Gasteiger partial charge in [-0.05, 0) is 48.7 Å². The Morgan fingerprint density at radius 2 is 1.57 bits per heavy atom. The van der Waals surface area contributed by atoms with Crippen molar-refractivity contribution in [1.82, 2.24) is 4.90 Å². The van der Waals surface area contributed by atoms with E-state index in [9.17, 15) is 13.2 Å². The van der Waals surface area contributed by atoms with Gasteiger partial charge in [-0.3, -0.25) is 4.99 Å². The fourth-order valence-electron chi connectivity index (χ4n) is 4.07. The number of aliphatic imine (C=N–C) groups is 1. The van der Waals surface area contributed by atoms with Crippen LogP contribution in [-0.4, -0.2) is 56.7 Å². The van der Waals surface area contributed by atoms with Crippen LogP contribution in [0.15, 0.2) is 47.5 Å². The first kappa shape index (κ1) is 20.4. The van der Waals surface area contributed by atoms with Crippen LogP contribution in [0.1, 0.15) is 6.42 Å². The fraction of sp³-hybridized carbons (Fsp3) is 0.409. The van der Waals surface area contributed by atoms with Crippen molar-refractivity contribution in [2.75, 3.05) is 55.6 Å². The van der Waals surface area contributed by atoms with E-state index in [0.717, 1.165) is 51.4 Å². The molecule has 2 aromatic rings. The second kappa shape index (κ2) is 8.85. The smallest absolute Gasteiger partial charge is 0.191 e. The van der Waals surface area contributed by atoms with Gasteiger partial charge in [-0.1, -0.05) is 0 Å². The van der Waals surface area contributed by atoms with Gasteiger partial charge in [0.1, 0.15) is 5.82 Å². The second-order valence-corrected chi connectivity index (χ2v) is 7.85. The van der Waals surface area contributed by atoms with E-state index >= 15 is 0 Å². The molecule has 8 heteroatoms. The average Bonchev–Trinajstić information content (AvgIpc) is 3.24. The van der Waals surface area contributed by atoms with Crippen LogP contribution < -0.4 is 15.5 Å². The van der Waals surface area contributed by atoms with Crippen LogP contribution in [0.4, 0.5) is 24.5 Å². The SMILES string of the molecule is NC(=NCC1CCN(c2ccc(F)c(F)c2)C1)N1CCN(c2ccc(F)cc2)CC1. The van der Waals surface area contributed by atoms with Crippen LogP contribution >= 0.6 is 0 Å². The summed E-state index contributed by atoms with van der Waals surface area (Å²) in [5.41, 5.74) is 7.92. The van der Waals surface area contributed by atoms with Gasteiger partial charge in [0, 0.05) is 63.3 Å². The van der Waals surface area contributed by atoms with E-state index < -0.39 is 11.6 Å². The molecule has 1 atom stereocenters. The molecule has 4 rings (SSSR count). The van der Waals surface area contributed by atoms with Crippen LogP contribution in [0.2, 0.25) is 0 Å². The standard InChI is InChI=1S/C22H26F3N5/c23-17-1-3-18(4-2-17)28-9-11-29(12-10-28)22(26)27-14-16-7-8-30(15-16)19-5-6-20(24)21(25)13-19/h1-6,13,16H,7-12,14-15H2,(H2,26,27). The molecule has 0 spiro atoms. The number of hydrogen-bond donors (Lipinski definition) is 1. The number of nitrogens with zero attached hydrogens (tertiary/aromatic N) is 4. The second-order valence-electron chi connectivity index (χ2n) is 7.85. The summed E-state index contributed by atoms with van der Waals surface area (Å²) in [6, 6.07) is 10.6. The number of halogens is 3. The van der Waals surface area contributed by atoms with Crippen molar-refractivity contribution in [2.24, 2.45) is 16.6 Å². The number of rotatable bonds is 4. The maximum absolute atomic E-state index is 13.5. The summed E-state index contributed by atoms with van der Waals surface area (Å²) in [4.78, 5) is 10.9. The molecule has 0 aromatic heterocycles. The van der Waals surface area contributed by atoms with Gasteiger partial charge in [0.05, 0.1) is 0 Å². The molecule has 5 nitrogen and oxygen atoms in total. The molecular weight excluding hydrogens is 391 g/mol. The van der Waals surface area contributed by atoms with Crippen molar-refractivity contribution < 1.29 is 13.2 Å². The van der Waals surface area contributed by atoms with Crippen molar-refractivity contribution in [1.29, 1.82) is 0 Å². The van der Waals surface area contributed by atoms with Crippen LogP contribution in [0.5, 0.6) is 0 Å². The van der Waals surface area contributed by atoms with Crippen LogP contribution in [0.3, 0.4) is 0 Å². The number of nitrogens with two attached hydrogens (primary N) is 1. The van der Waals surface area contributed by atoms with Crippen molar-refractivity contribution in [3.63, 3.8) is 0 Å². The van der Waals surface area contributed by atoms with Gasteiger partial charge >= 0.3 is 0 Å². The molecule has 2 heterocycles. The zero-order valence-corrected chi connectivity index (χ0v) is 16.8. The van der Waals surface area contributed by atoms with Crippen molar-refractivity contribution in [3.8, 4) is 0 Å². The summed E-state index contributed by atoms with van der Waals surface area (Å²) in [6.45, 7) is 5.28. The van der Waals surface area contributed by atoms with Crippen molar-refractivity contribution >= 4 is 17.3 Å². The van der Waals surface area contributed by atoms with E-state index in [1.165, 1.54) is 24.3 Å². The number of guanidine groups is 1. The van der Waals surface area contributed by atoms with E-state index in [1.807, 2.05) is 0 Å². The van der Waals surface area contributed by atoms with Gasteiger partial charge < -0.3 is 20.4 Å². The monoisotopic (exact) mass is 417 g/mol. The number of benzene rings is 2. The van der Waals surface area contributed by atoms with E-state index in [0.29, 0.717) is 24.1 Å². The molecule has 0 radical (unpaired) electrons. The van der Waals surface area contributed by atoms with Gasteiger partial charge in [0.15, 0.2) is 17.6 Å². The quantitative estimate of drug-likeness (QED) is 0.614. The highest BCUT2D eigenvalue weighted by Crippen LogP contribution is 2.25.